The molecule has 1 heterocycles. The van der Waals surface area contributed by atoms with Crippen molar-refractivity contribution in [2.45, 2.75) is 59.1 Å². The Bertz CT molecular complexity index is 445. The standard InChI is InChI=1S/C19H32N2O/c1-4-11-21-12-5-7-18-14-17(8-9-19(18)21)15-20-10-6-13-22-16(2)3/h8-9,14,16,20H,4-7,10-13,15H2,1-3H3. The predicted octanol–water partition coefficient (Wildman–Crippen LogP) is 3.75. The van der Waals surface area contributed by atoms with E-state index in [9.17, 15) is 0 Å². The lowest BCUT2D eigenvalue weighted by Gasteiger charge is -2.31. The summed E-state index contributed by atoms with van der Waals surface area (Å²) in [5.41, 5.74) is 4.39. The number of ether oxygens (including phenoxy) is 1. The first kappa shape index (κ1) is 17.3. The van der Waals surface area contributed by atoms with Crippen LogP contribution < -0.4 is 10.2 Å². The van der Waals surface area contributed by atoms with Crippen LogP contribution in [-0.4, -0.2) is 32.3 Å². The Morgan fingerprint density at radius 3 is 2.95 bits per heavy atom. The van der Waals surface area contributed by atoms with Crippen molar-refractivity contribution >= 4 is 5.69 Å². The second-order valence-electron chi connectivity index (χ2n) is 6.50. The molecule has 2 rings (SSSR count). The molecule has 22 heavy (non-hydrogen) atoms. The molecule has 1 aromatic carbocycles. The van der Waals surface area contributed by atoms with Gasteiger partial charge in [0.05, 0.1) is 6.10 Å². The van der Waals surface area contributed by atoms with Crippen molar-refractivity contribution in [3.63, 3.8) is 0 Å². The molecule has 1 aliphatic heterocycles. The summed E-state index contributed by atoms with van der Waals surface area (Å²) in [7, 11) is 0. The molecule has 124 valence electrons. The van der Waals surface area contributed by atoms with Gasteiger partial charge in [-0.1, -0.05) is 19.1 Å². The van der Waals surface area contributed by atoms with E-state index in [4.69, 9.17) is 4.74 Å². The molecule has 0 unspecified atom stereocenters. The molecule has 0 aliphatic carbocycles. The number of anilines is 1. The Kier molecular flexibility index (Phi) is 7.20. The third-order valence-corrected chi connectivity index (χ3v) is 4.13. The number of hydrogen-bond acceptors (Lipinski definition) is 3. The van der Waals surface area contributed by atoms with Gasteiger partial charge in [0.2, 0.25) is 0 Å². The number of nitrogens with zero attached hydrogens (tertiary/aromatic N) is 1. The first-order valence-electron chi connectivity index (χ1n) is 8.89. The van der Waals surface area contributed by atoms with E-state index in [1.807, 2.05) is 0 Å². The average Bonchev–Trinajstić information content (AvgIpc) is 2.51. The third-order valence-electron chi connectivity index (χ3n) is 4.13. The Morgan fingerprint density at radius 2 is 2.18 bits per heavy atom. The van der Waals surface area contributed by atoms with E-state index in [-0.39, 0.29) is 0 Å². The Labute approximate surface area is 136 Å². The van der Waals surface area contributed by atoms with Crippen LogP contribution in [0.1, 0.15) is 51.2 Å². The minimum atomic E-state index is 0.340. The zero-order valence-electron chi connectivity index (χ0n) is 14.5. The van der Waals surface area contributed by atoms with Gasteiger partial charge in [-0.05, 0) is 63.3 Å². The zero-order valence-corrected chi connectivity index (χ0v) is 14.5. The highest BCUT2D eigenvalue weighted by Gasteiger charge is 2.15. The summed E-state index contributed by atoms with van der Waals surface area (Å²) in [5, 5.41) is 3.52. The van der Waals surface area contributed by atoms with Gasteiger partial charge in [-0.15, -0.1) is 0 Å². The van der Waals surface area contributed by atoms with Gasteiger partial charge in [-0.25, -0.2) is 0 Å². The molecule has 0 aromatic heterocycles. The predicted molar refractivity (Wildman–Crippen MR) is 94.7 cm³/mol. The minimum absolute atomic E-state index is 0.340. The molecule has 0 bridgehead atoms. The van der Waals surface area contributed by atoms with E-state index in [2.05, 4.69) is 49.2 Å². The van der Waals surface area contributed by atoms with Crippen molar-refractivity contribution in [2.24, 2.45) is 0 Å². The number of hydrogen-bond donors (Lipinski definition) is 1. The summed E-state index contributed by atoms with van der Waals surface area (Å²) in [6.07, 6.45) is 5.16. The van der Waals surface area contributed by atoms with Crippen LogP contribution in [0.25, 0.3) is 0 Å². The fraction of sp³-hybridized carbons (Fsp3) is 0.684. The van der Waals surface area contributed by atoms with Gasteiger partial charge >= 0.3 is 0 Å². The quantitative estimate of drug-likeness (QED) is 0.703. The maximum Gasteiger partial charge on any atom is 0.0518 e. The molecular weight excluding hydrogens is 272 g/mol. The van der Waals surface area contributed by atoms with Crippen molar-refractivity contribution in [1.82, 2.24) is 5.32 Å². The Hall–Kier alpha value is -1.06. The fourth-order valence-electron chi connectivity index (χ4n) is 3.09. The van der Waals surface area contributed by atoms with Crippen LogP contribution in [0.15, 0.2) is 18.2 Å². The van der Waals surface area contributed by atoms with Crippen LogP contribution in [-0.2, 0) is 17.7 Å². The smallest absolute Gasteiger partial charge is 0.0518 e. The first-order chi connectivity index (χ1) is 10.7. The maximum absolute atomic E-state index is 5.56. The van der Waals surface area contributed by atoms with Crippen molar-refractivity contribution in [2.75, 3.05) is 31.1 Å². The zero-order chi connectivity index (χ0) is 15.8. The van der Waals surface area contributed by atoms with Crippen molar-refractivity contribution in [1.29, 1.82) is 0 Å². The van der Waals surface area contributed by atoms with Crippen LogP contribution in [0.3, 0.4) is 0 Å². The van der Waals surface area contributed by atoms with E-state index in [0.29, 0.717) is 6.10 Å². The van der Waals surface area contributed by atoms with E-state index in [0.717, 1.165) is 26.1 Å². The monoisotopic (exact) mass is 304 g/mol. The number of benzene rings is 1. The molecule has 3 heteroatoms. The second kappa shape index (κ2) is 9.16. The first-order valence-corrected chi connectivity index (χ1v) is 8.89. The summed E-state index contributed by atoms with van der Waals surface area (Å²) in [5.74, 6) is 0. The maximum atomic E-state index is 5.56. The van der Waals surface area contributed by atoms with Gasteiger partial charge in [-0.2, -0.15) is 0 Å². The fourth-order valence-corrected chi connectivity index (χ4v) is 3.09. The molecule has 0 saturated heterocycles. The summed E-state index contributed by atoms with van der Waals surface area (Å²) in [4.78, 5) is 2.54. The van der Waals surface area contributed by atoms with Crippen LogP contribution in [0.2, 0.25) is 0 Å². The molecule has 0 spiro atoms. The third kappa shape index (κ3) is 5.29. The molecule has 0 radical (unpaired) electrons. The number of fused-ring (bicyclic) bond motifs is 1. The minimum Gasteiger partial charge on any atom is -0.379 e. The molecule has 1 aromatic rings. The van der Waals surface area contributed by atoms with E-state index >= 15 is 0 Å². The SMILES string of the molecule is CCCN1CCCc2cc(CNCCCOC(C)C)ccc21. The number of rotatable bonds is 9. The highest BCUT2D eigenvalue weighted by molar-refractivity contribution is 5.56. The lowest BCUT2D eigenvalue weighted by Crippen LogP contribution is -2.30. The van der Waals surface area contributed by atoms with Gasteiger partial charge < -0.3 is 15.0 Å². The van der Waals surface area contributed by atoms with Gasteiger partial charge in [0.25, 0.3) is 0 Å². The molecule has 1 aliphatic rings. The van der Waals surface area contributed by atoms with Crippen molar-refractivity contribution < 1.29 is 4.74 Å². The Morgan fingerprint density at radius 1 is 1.32 bits per heavy atom. The number of nitrogens with one attached hydrogen (secondary N) is 1. The largest absolute Gasteiger partial charge is 0.379 e. The molecule has 0 saturated carbocycles. The van der Waals surface area contributed by atoms with Crippen molar-refractivity contribution in [3.05, 3.63) is 29.3 Å². The number of aryl methyl sites for hydroxylation is 1. The van der Waals surface area contributed by atoms with Crippen LogP contribution in [0.5, 0.6) is 0 Å². The lowest BCUT2D eigenvalue weighted by atomic mass is 9.99. The lowest BCUT2D eigenvalue weighted by molar-refractivity contribution is 0.0770. The topological polar surface area (TPSA) is 24.5 Å². The summed E-state index contributed by atoms with van der Waals surface area (Å²) in [6, 6.07) is 7.00. The van der Waals surface area contributed by atoms with Gasteiger partial charge in [0.1, 0.15) is 0 Å². The highest BCUT2D eigenvalue weighted by atomic mass is 16.5. The van der Waals surface area contributed by atoms with Crippen LogP contribution >= 0.6 is 0 Å². The molecular formula is C19H32N2O. The molecule has 0 amide bonds. The summed E-state index contributed by atoms with van der Waals surface area (Å²) in [6.45, 7) is 11.7. The van der Waals surface area contributed by atoms with Crippen LogP contribution in [0, 0.1) is 0 Å². The molecule has 1 N–H and O–H groups in total. The van der Waals surface area contributed by atoms with Gasteiger partial charge in [-0.3, -0.25) is 0 Å². The van der Waals surface area contributed by atoms with Crippen LogP contribution in [0.4, 0.5) is 5.69 Å². The average molecular weight is 304 g/mol. The van der Waals surface area contributed by atoms with Gasteiger partial charge in [0.15, 0.2) is 0 Å². The molecule has 0 fully saturated rings. The normalized spacial score (nSPS) is 14.5. The van der Waals surface area contributed by atoms with E-state index < -0.39 is 0 Å². The summed E-state index contributed by atoms with van der Waals surface area (Å²) >= 11 is 0. The second-order valence-corrected chi connectivity index (χ2v) is 6.50. The molecule has 0 atom stereocenters. The van der Waals surface area contributed by atoms with Gasteiger partial charge in [0, 0.05) is 31.9 Å². The van der Waals surface area contributed by atoms with Crippen molar-refractivity contribution in [3.8, 4) is 0 Å². The highest BCUT2D eigenvalue weighted by Crippen LogP contribution is 2.28. The summed E-state index contributed by atoms with van der Waals surface area (Å²) < 4.78 is 5.56. The van der Waals surface area contributed by atoms with E-state index in [1.165, 1.54) is 49.2 Å². The Balaban J connectivity index is 1.79. The van der Waals surface area contributed by atoms with E-state index in [1.54, 1.807) is 0 Å². The molecule has 3 nitrogen and oxygen atoms in total.